The normalized spacial score (nSPS) is 14.1. The second kappa shape index (κ2) is 46.0. The number of esters is 1. The van der Waals surface area contributed by atoms with E-state index in [2.05, 4.69) is 74.6 Å². The molecule has 9 heteroatoms. The Balaban J connectivity index is 4.10. The van der Waals surface area contributed by atoms with Crippen LogP contribution in [-0.2, 0) is 27.9 Å². The van der Waals surface area contributed by atoms with Crippen molar-refractivity contribution in [3.63, 3.8) is 0 Å². The minimum absolute atomic E-state index is 0.0850. The topological polar surface area (TPSA) is 117 Å². The number of phosphoric ester groups is 1. The van der Waals surface area contributed by atoms with Crippen molar-refractivity contribution in [1.82, 2.24) is 0 Å². The van der Waals surface area contributed by atoms with Crippen molar-refractivity contribution in [2.75, 3.05) is 33.0 Å². The van der Waals surface area contributed by atoms with Gasteiger partial charge in [0.2, 0.25) is 0 Å². The summed E-state index contributed by atoms with van der Waals surface area (Å²) in [5.74, 6) is -0.411. The number of nitrogens with two attached hydrogens (primary N) is 1. The maximum atomic E-state index is 12.6. The second-order valence-corrected chi connectivity index (χ2v) is 16.7. The van der Waals surface area contributed by atoms with E-state index in [0.29, 0.717) is 13.0 Å². The van der Waals surface area contributed by atoms with Gasteiger partial charge in [0.1, 0.15) is 6.10 Å². The van der Waals surface area contributed by atoms with Crippen LogP contribution in [0.2, 0.25) is 0 Å². The number of ether oxygens (including phenoxy) is 2. The third-order valence-corrected chi connectivity index (χ3v) is 10.6. The number of carbonyl (C=O) groups is 1. The zero-order chi connectivity index (χ0) is 42.3. The van der Waals surface area contributed by atoms with Gasteiger partial charge in [-0.05, 0) is 51.4 Å². The average Bonchev–Trinajstić information content (AvgIpc) is 3.21. The number of hydrogen-bond acceptors (Lipinski definition) is 7. The number of phosphoric acid groups is 1. The first-order valence-electron chi connectivity index (χ1n) is 23.4. The summed E-state index contributed by atoms with van der Waals surface area (Å²) in [5, 5.41) is 0. The predicted molar refractivity (Wildman–Crippen MR) is 247 cm³/mol. The molecule has 0 aromatic carbocycles. The van der Waals surface area contributed by atoms with Crippen molar-refractivity contribution in [1.29, 1.82) is 0 Å². The fourth-order valence-electron chi connectivity index (χ4n) is 6.26. The summed E-state index contributed by atoms with van der Waals surface area (Å²) in [6.45, 7) is 4.72. The molecule has 0 bridgehead atoms. The van der Waals surface area contributed by atoms with E-state index in [1.165, 1.54) is 116 Å². The lowest BCUT2D eigenvalue weighted by atomic mass is 10.0. The molecule has 0 aromatic heterocycles. The Morgan fingerprint density at radius 2 is 0.931 bits per heavy atom. The van der Waals surface area contributed by atoms with Gasteiger partial charge in [-0.25, -0.2) is 4.57 Å². The summed E-state index contributed by atoms with van der Waals surface area (Å²) in [6.07, 6.45) is 58.0. The van der Waals surface area contributed by atoms with Gasteiger partial charge in [0, 0.05) is 19.6 Å². The van der Waals surface area contributed by atoms with Crippen LogP contribution in [-0.4, -0.2) is 49.9 Å². The third kappa shape index (κ3) is 45.0. The molecular formula is C49H88NO7P. The highest BCUT2D eigenvalue weighted by Gasteiger charge is 2.25. The van der Waals surface area contributed by atoms with Crippen molar-refractivity contribution in [3.8, 4) is 0 Å². The highest BCUT2D eigenvalue weighted by molar-refractivity contribution is 7.47. The van der Waals surface area contributed by atoms with E-state index in [-0.39, 0.29) is 32.8 Å². The molecule has 0 aromatic rings. The lowest BCUT2D eigenvalue weighted by Gasteiger charge is -2.20. The molecule has 3 N–H and O–H groups in total. The lowest BCUT2D eigenvalue weighted by molar-refractivity contribution is -0.154. The first kappa shape index (κ1) is 55.9. The minimum atomic E-state index is -4.30. The molecule has 0 aliphatic rings. The minimum Gasteiger partial charge on any atom is -0.457 e. The van der Waals surface area contributed by atoms with Crippen LogP contribution in [0.4, 0.5) is 0 Å². The van der Waals surface area contributed by atoms with Crippen LogP contribution in [0.1, 0.15) is 194 Å². The molecule has 0 saturated carbocycles. The van der Waals surface area contributed by atoms with Gasteiger partial charge in [-0.1, -0.05) is 209 Å². The van der Waals surface area contributed by atoms with Gasteiger partial charge in [-0.3, -0.25) is 13.8 Å². The van der Waals surface area contributed by atoms with Crippen LogP contribution < -0.4 is 5.73 Å². The first-order valence-corrected chi connectivity index (χ1v) is 24.9. The largest absolute Gasteiger partial charge is 0.472 e. The fraction of sp³-hybridized carbons (Fsp3) is 0.735. The highest BCUT2D eigenvalue weighted by atomic mass is 31.2. The summed E-state index contributed by atoms with van der Waals surface area (Å²) in [7, 11) is -4.30. The van der Waals surface area contributed by atoms with Crippen LogP contribution in [0.15, 0.2) is 72.9 Å². The van der Waals surface area contributed by atoms with Crippen molar-refractivity contribution in [2.24, 2.45) is 5.73 Å². The summed E-state index contributed by atoms with van der Waals surface area (Å²) in [6, 6.07) is 0. The van der Waals surface area contributed by atoms with E-state index < -0.39 is 19.9 Å². The van der Waals surface area contributed by atoms with Crippen LogP contribution >= 0.6 is 7.82 Å². The highest BCUT2D eigenvalue weighted by Crippen LogP contribution is 2.43. The molecule has 336 valence electrons. The van der Waals surface area contributed by atoms with Crippen LogP contribution in [0.25, 0.3) is 0 Å². The fourth-order valence-corrected chi connectivity index (χ4v) is 7.02. The molecule has 0 amide bonds. The van der Waals surface area contributed by atoms with Gasteiger partial charge >= 0.3 is 13.8 Å². The van der Waals surface area contributed by atoms with Gasteiger partial charge in [0.25, 0.3) is 0 Å². The molecular weight excluding hydrogens is 746 g/mol. The van der Waals surface area contributed by atoms with Gasteiger partial charge in [0.15, 0.2) is 0 Å². The average molecular weight is 834 g/mol. The van der Waals surface area contributed by atoms with Gasteiger partial charge in [-0.15, -0.1) is 0 Å². The molecule has 2 unspecified atom stereocenters. The van der Waals surface area contributed by atoms with E-state index in [4.69, 9.17) is 24.3 Å². The molecule has 0 aliphatic heterocycles. The summed E-state index contributed by atoms with van der Waals surface area (Å²) < 4.78 is 33.4. The smallest absolute Gasteiger partial charge is 0.457 e. The van der Waals surface area contributed by atoms with E-state index in [9.17, 15) is 14.3 Å². The maximum Gasteiger partial charge on any atom is 0.472 e. The van der Waals surface area contributed by atoms with E-state index in [1.54, 1.807) is 0 Å². The Morgan fingerprint density at radius 1 is 0.534 bits per heavy atom. The van der Waals surface area contributed by atoms with Gasteiger partial charge < -0.3 is 20.1 Å². The van der Waals surface area contributed by atoms with E-state index in [1.807, 2.05) is 12.2 Å². The molecule has 0 rings (SSSR count). The molecule has 0 aliphatic carbocycles. The van der Waals surface area contributed by atoms with Gasteiger partial charge in [0.05, 0.1) is 19.8 Å². The number of unbranched alkanes of at least 4 members (excludes halogenated alkanes) is 19. The van der Waals surface area contributed by atoms with Gasteiger partial charge in [-0.2, -0.15) is 0 Å². The Hall–Kier alpha value is -2.06. The van der Waals surface area contributed by atoms with Crippen molar-refractivity contribution in [3.05, 3.63) is 72.9 Å². The standard InChI is InChI=1S/C49H88NO7P/c1-3-5-7-9-11-13-15-17-19-21-23-25-27-29-31-33-35-37-39-41-44-54-46-48(47-56-58(52,53)55-45-43-50)57-49(51)42-40-38-36-34-32-30-28-26-24-22-20-18-16-14-12-10-8-6-4-2/h6,8,12,14,18,20,24,26,30,32,36,38,48H,3-5,7,9-11,13,15-17,19,21-23,25,27-29,31,33-35,37,39-47,50H2,1-2H3,(H,52,53)/b8-6-,14-12-,20-18-,26-24-,32-30-,38-36-. The van der Waals surface area contributed by atoms with Crippen molar-refractivity contribution < 1.29 is 32.8 Å². The number of allylic oxidation sites excluding steroid dienone is 12. The van der Waals surface area contributed by atoms with Crippen LogP contribution in [0.3, 0.4) is 0 Å². The Labute approximate surface area is 356 Å². The number of carbonyl (C=O) groups excluding carboxylic acids is 1. The van der Waals surface area contributed by atoms with Crippen LogP contribution in [0.5, 0.6) is 0 Å². The molecule has 0 fully saturated rings. The van der Waals surface area contributed by atoms with Crippen LogP contribution in [0, 0.1) is 0 Å². The molecule has 8 nitrogen and oxygen atoms in total. The predicted octanol–water partition coefficient (Wildman–Crippen LogP) is 14.3. The molecule has 0 radical (unpaired) electrons. The zero-order valence-corrected chi connectivity index (χ0v) is 38.2. The Morgan fingerprint density at radius 3 is 1.34 bits per heavy atom. The zero-order valence-electron chi connectivity index (χ0n) is 37.3. The molecule has 2 atom stereocenters. The molecule has 0 heterocycles. The first-order chi connectivity index (χ1) is 28.4. The van der Waals surface area contributed by atoms with E-state index >= 15 is 0 Å². The van der Waals surface area contributed by atoms with E-state index in [0.717, 1.165) is 51.4 Å². The number of rotatable bonds is 44. The number of hydrogen-bond donors (Lipinski definition) is 2. The Bertz CT molecular complexity index is 1120. The second-order valence-electron chi connectivity index (χ2n) is 15.2. The summed E-state index contributed by atoms with van der Waals surface area (Å²) in [4.78, 5) is 22.5. The Kier molecular flexibility index (Phi) is 44.4. The molecule has 0 spiro atoms. The SMILES string of the molecule is CC/C=C\C/C=C\C/C=C\C/C=C\C/C=C\C/C=C\CCC(=O)OC(COCCCCCCCCCCCCCCCCCCCCCC)COP(=O)(O)OCCN. The third-order valence-electron chi connectivity index (χ3n) is 9.65. The molecule has 0 saturated heterocycles. The summed E-state index contributed by atoms with van der Waals surface area (Å²) >= 11 is 0. The molecule has 58 heavy (non-hydrogen) atoms. The lowest BCUT2D eigenvalue weighted by Crippen LogP contribution is -2.28. The van der Waals surface area contributed by atoms with Crippen molar-refractivity contribution in [2.45, 2.75) is 200 Å². The quantitative estimate of drug-likeness (QED) is 0.0270. The summed E-state index contributed by atoms with van der Waals surface area (Å²) in [5.41, 5.74) is 5.37. The maximum absolute atomic E-state index is 12.6. The monoisotopic (exact) mass is 834 g/mol. The van der Waals surface area contributed by atoms with Crippen molar-refractivity contribution >= 4 is 13.8 Å².